The summed E-state index contributed by atoms with van der Waals surface area (Å²) in [5, 5.41) is 3.64. The zero-order valence-corrected chi connectivity index (χ0v) is 27.6. The van der Waals surface area contributed by atoms with Crippen molar-refractivity contribution in [3.63, 3.8) is 0 Å². The fourth-order valence-corrected chi connectivity index (χ4v) is 11.4. The maximum atomic E-state index is 14.0. The van der Waals surface area contributed by atoms with E-state index in [1.807, 2.05) is 49.4 Å². The van der Waals surface area contributed by atoms with E-state index in [-0.39, 0.29) is 58.1 Å². The van der Waals surface area contributed by atoms with Crippen LogP contribution in [0.25, 0.3) is 0 Å². The Morgan fingerprint density at radius 2 is 1.80 bits per heavy atom. The average molecular weight is 721 g/mol. The first-order chi connectivity index (χ1) is 22.2. The van der Waals surface area contributed by atoms with Gasteiger partial charge in [-0.25, -0.2) is 4.39 Å². The number of ether oxygens (including phenoxy) is 1. The van der Waals surface area contributed by atoms with Gasteiger partial charge < -0.3 is 15.0 Å². The highest BCUT2D eigenvalue weighted by atomic mass is 79.9. The lowest BCUT2D eigenvalue weighted by Crippen LogP contribution is -2.42. The maximum Gasteiger partial charge on any atom is 0.305 e. The van der Waals surface area contributed by atoms with Gasteiger partial charge in [-0.3, -0.25) is 24.1 Å². The summed E-state index contributed by atoms with van der Waals surface area (Å²) in [7, 11) is 0. The molecule has 3 amide bonds. The van der Waals surface area contributed by atoms with Gasteiger partial charge in [-0.15, -0.1) is 11.8 Å². The molecule has 0 radical (unpaired) electrons. The minimum absolute atomic E-state index is 0.0182. The van der Waals surface area contributed by atoms with Crippen molar-refractivity contribution in [1.29, 1.82) is 0 Å². The molecule has 2 bridgehead atoms. The molecule has 1 saturated heterocycles. The Morgan fingerprint density at radius 3 is 2.57 bits per heavy atom. The minimum Gasteiger partial charge on any atom is -0.483 e. The molecule has 2 saturated carbocycles. The third-order valence-corrected chi connectivity index (χ3v) is 12.9. The summed E-state index contributed by atoms with van der Waals surface area (Å²) in [6.45, 7) is 1.73. The summed E-state index contributed by atoms with van der Waals surface area (Å²) in [5.41, 5.74) is 2.91. The number of H-pyrrole nitrogens is 1. The molecule has 46 heavy (non-hydrogen) atoms. The topological polar surface area (TPSA) is 109 Å². The summed E-state index contributed by atoms with van der Waals surface area (Å²) >= 11 is 6.37. The second kappa shape index (κ2) is 11.2. The second-order valence-corrected chi connectivity index (χ2v) is 15.5. The van der Waals surface area contributed by atoms with E-state index in [0.29, 0.717) is 17.1 Å². The third kappa shape index (κ3) is 4.75. The number of hydrogen-bond acceptors (Lipinski definition) is 7. The van der Waals surface area contributed by atoms with Crippen LogP contribution < -0.4 is 19.8 Å². The van der Waals surface area contributed by atoms with E-state index in [2.05, 4.69) is 26.2 Å². The Balaban J connectivity index is 1.14. The SMILES string of the molecule is Cc1cccc(NC(=O)COc2ccc(Br)cc2[C@H]2c3sc(=O)[nH]c3SC3C4CC(C5C(=O)N(c6ccc(F)cc6)C(=O)C45)C32)c1. The molecule has 12 heteroatoms. The normalized spacial score (nSPS) is 27.4. The Bertz CT molecular complexity index is 1980. The molecule has 2 aliphatic carbocycles. The van der Waals surface area contributed by atoms with Gasteiger partial charge in [0.05, 0.1) is 22.5 Å². The number of aryl methyl sites for hydroxylation is 1. The molecule has 0 spiro atoms. The van der Waals surface area contributed by atoms with Crippen LogP contribution in [0.5, 0.6) is 5.75 Å². The molecule has 2 aliphatic heterocycles. The first-order valence-corrected chi connectivity index (χ1v) is 17.5. The third-order valence-electron chi connectivity index (χ3n) is 9.78. The summed E-state index contributed by atoms with van der Waals surface area (Å²) in [6, 6.07) is 18.6. The van der Waals surface area contributed by atoms with E-state index >= 15 is 0 Å². The fourth-order valence-electron chi connectivity index (χ4n) is 8.17. The first kappa shape index (κ1) is 29.6. The van der Waals surface area contributed by atoms with Crippen molar-refractivity contribution in [3.05, 3.63) is 103 Å². The van der Waals surface area contributed by atoms with Crippen LogP contribution >= 0.6 is 39.0 Å². The zero-order valence-electron chi connectivity index (χ0n) is 24.4. The Morgan fingerprint density at radius 1 is 1.04 bits per heavy atom. The fraction of sp³-hybridized carbons (Fsp3) is 0.294. The van der Waals surface area contributed by atoms with Crippen LogP contribution in [0.3, 0.4) is 0 Å². The lowest BCUT2D eigenvalue weighted by molar-refractivity contribution is -0.123. The molecule has 234 valence electrons. The number of nitrogens with zero attached hydrogens (tertiary/aromatic N) is 1. The Labute approximate surface area is 279 Å². The van der Waals surface area contributed by atoms with Gasteiger partial charge in [0, 0.05) is 31.8 Å². The van der Waals surface area contributed by atoms with E-state index in [1.54, 1.807) is 11.8 Å². The van der Waals surface area contributed by atoms with E-state index < -0.39 is 17.7 Å². The highest BCUT2D eigenvalue weighted by Gasteiger charge is 2.69. The molecule has 3 heterocycles. The number of anilines is 2. The predicted octanol–water partition coefficient (Wildman–Crippen LogP) is 6.34. The van der Waals surface area contributed by atoms with Crippen molar-refractivity contribution in [3.8, 4) is 5.75 Å². The number of carbonyl (C=O) groups is 3. The molecular formula is C34H27BrFN3O5S2. The Kier molecular flexibility index (Phi) is 7.22. The molecule has 2 N–H and O–H groups in total. The number of halogens is 2. The van der Waals surface area contributed by atoms with Gasteiger partial charge in [0.15, 0.2) is 6.61 Å². The highest BCUT2D eigenvalue weighted by molar-refractivity contribution is 9.10. The molecule has 8 rings (SSSR count). The van der Waals surface area contributed by atoms with Gasteiger partial charge in [-0.2, -0.15) is 0 Å². The van der Waals surface area contributed by atoms with Gasteiger partial charge >= 0.3 is 4.87 Å². The van der Waals surface area contributed by atoms with Crippen molar-refractivity contribution in [1.82, 2.24) is 4.98 Å². The van der Waals surface area contributed by atoms with Gasteiger partial charge in [0.1, 0.15) is 11.6 Å². The first-order valence-electron chi connectivity index (χ1n) is 15.0. The number of aromatic amines is 1. The van der Waals surface area contributed by atoms with Crippen LogP contribution in [0.4, 0.5) is 15.8 Å². The number of amides is 3. The molecule has 3 fully saturated rings. The average Bonchev–Trinajstić information content (AvgIpc) is 3.76. The van der Waals surface area contributed by atoms with Crippen LogP contribution in [-0.4, -0.2) is 34.6 Å². The molecule has 7 atom stereocenters. The quantitative estimate of drug-likeness (QED) is 0.225. The number of rotatable bonds is 6. The maximum absolute atomic E-state index is 14.0. The van der Waals surface area contributed by atoms with E-state index in [1.165, 1.54) is 29.2 Å². The summed E-state index contributed by atoms with van der Waals surface area (Å²) in [4.78, 5) is 58.4. The van der Waals surface area contributed by atoms with Crippen LogP contribution in [0, 0.1) is 42.3 Å². The van der Waals surface area contributed by atoms with E-state index in [9.17, 15) is 23.6 Å². The molecule has 8 nitrogen and oxygen atoms in total. The number of benzene rings is 3. The van der Waals surface area contributed by atoms with Crippen LogP contribution in [-0.2, 0) is 14.4 Å². The Hall–Kier alpha value is -3.74. The van der Waals surface area contributed by atoms with Gasteiger partial charge in [0.2, 0.25) is 11.8 Å². The molecule has 3 aromatic carbocycles. The molecule has 4 aromatic rings. The van der Waals surface area contributed by atoms with Crippen molar-refractivity contribution in [2.75, 3.05) is 16.8 Å². The number of fused-ring (bicyclic) bond motifs is 9. The van der Waals surface area contributed by atoms with E-state index in [4.69, 9.17) is 4.74 Å². The second-order valence-electron chi connectivity index (χ2n) is 12.3. The van der Waals surface area contributed by atoms with Gasteiger partial charge in [-0.1, -0.05) is 39.4 Å². The zero-order chi connectivity index (χ0) is 31.9. The van der Waals surface area contributed by atoms with Crippen molar-refractivity contribution in [2.24, 2.45) is 29.6 Å². The molecule has 4 aliphatic rings. The monoisotopic (exact) mass is 719 g/mol. The number of hydrogen-bond donors (Lipinski definition) is 2. The largest absolute Gasteiger partial charge is 0.483 e. The van der Waals surface area contributed by atoms with Crippen LogP contribution in [0.15, 0.2) is 81.0 Å². The number of thioether (sulfide) groups is 1. The van der Waals surface area contributed by atoms with Crippen molar-refractivity contribution >= 4 is 68.1 Å². The number of imide groups is 1. The minimum atomic E-state index is -0.499. The lowest BCUT2D eigenvalue weighted by atomic mass is 9.68. The summed E-state index contributed by atoms with van der Waals surface area (Å²) in [5.74, 6) is -2.20. The smallest absolute Gasteiger partial charge is 0.305 e. The number of nitrogens with one attached hydrogen (secondary N) is 2. The van der Waals surface area contributed by atoms with Crippen LogP contribution in [0.2, 0.25) is 0 Å². The molecular weight excluding hydrogens is 693 g/mol. The molecule has 6 unspecified atom stereocenters. The van der Waals surface area contributed by atoms with Gasteiger partial charge in [0.25, 0.3) is 5.91 Å². The van der Waals surface area contributed by atoms with Crippen molar-refractivity contribution in [2.45, 2.75) is 29.5 Å². The number of aromatic nitrogens is 1. The number of carbonyl (C=O) groups excluding carboxylic acids is 3. The molecule has 1 aromatic heterocycles. The van der Waals surface area contributed by atoms with E-state index in [0.717, 1.165) is 43.3 Å². The standard InChI is InChI=1S/C34H27BrFN3O5S2/c1-15-3-2-4-18(11-15)37-24(40)14-44-23-10-5-16(35)12-20(23)25-26-21-13-22(29(26)45-31-30(25)46-34(43)38-31)28-27(21)32(41)39(33(28)42)19-8-6-17(36)7-9-19/h2-12,21-22,25-29H,13-14H2,1H3,(H,37,40)(H,38,43)/t21?,22?,25-,26?,27?,28?,29?/m1/s1. The van der Waals surface area contributed by atoms with Gasteiger partial charge in [-0.05, 0) is 91.3 Å². The summed E-state index contributed by atoms with van der Waals surface area (Å²) < 4.78 is 20.7. The lowest BCUT2D eigenvalue weighted by Gasteiger charge is -2.43. The summed E-state index contributed by atoms with van der Waals surface area (Å²) in [6.07, 6.45) is 0.727. The van der Waals surface area contributed by atoms with Crippen LogP contribution in [0.1, 0.15) is 28.3 Å². The predicted molar refractivity (Wildman–Crippen MR) is 177 cm³/mol. The number of thiazole rings is 1. The highest BCUT2D eigenvalue weighted by Crippen LogP contribution is 2.69. The van der Waals surface area contributed by atoms with Crippen molar-refractivity contribution < 1.29 is 23.5 Å².